The van der Waals surface area contributed by atoms with E-state index in [-0.39, 0.29) is 42.2 Å². The molecule has 2 fully saturated rings. The van der Waals surface area contributed by atoms with Crippen LogP contribution >= 0.6 is 11.3 Å². The lowest BCUT2D eigenvalue weighted by Gasteiger charge is -2.50. The highest BCUT2D eigenvalue weighted by molar-refractivity contribution is 7.80. The summed E-state index contributed by atoms with van der Waals surface area (Å²) in [7, 11) is -4.92. The molecule has 2 aliphatic rings. The first-order valence-corrected chi connectivity index (χ1v) is 14.6. The molecule has 18 heteroatoms. The molecular formula is C23H30N8O8S2. The van der Waals surface area contributed by atoms with E-state index in [0.717, 1.165) is 16.9 Å². The van der Waals surface area contributed by atoms with Gasteiger partial charge in [-0.25, -0.2) is 4.98 Å². The number of ketones is 1. The van der Waals surface area contributed by atoms with Crippen LogP contribution in [0.4, 0.5) is 5.13 Å². The fraction of sp³-hybridized carbons (Fsp3) is 0.435. The van der Waals surface area contributed by atoms with Crippen molar-refractivity contribution in [1.82, 2.24) is 20.9 Å². The van der Waals surface area contributed by atoms with Gasteiger partial charge in [0, 0.05) is 30.5 Å². The van der Waals surface area contributed by atoms with E-state index >= 15 is 0 Å². The Morgan fingerprint density at radius 2 is 1.93 bits per heavy atom. The van der Waals surface area contributed by atoms with Gasteiger partial charge in [-0.05, 0) is 38.1 Å². The minimum Gasteiger partial charge on any atom is -0.490 e. The molecule has 0 radical (unpaired) electrons. The van der Waals surface area contributed by atoms with E-state index in [1.54, 1.807) is 24.3 Å². The lowest BCUT2D eigenvalue weighted by molar-refractivity contribution is -0.228. The highest BCUT2D eigenvalue weighted by atomic mass is 32.3. The molecule has 0 saturated carbocycles. The smallest absolute Gasteiger partial charge is 0.418 e. The number of nitrogen functional groups attached to an aromatic ring is 1. The molecule has 3 heterocycles. The number of hydroxylamine groups is 2. The zero-order valence-electron chi connectivity index (χ0n) is 22.1. The van der Waals surface area contributed by atoms with Crippen molar-refractivity contribution < 1.29 is 36.4 Å². The Bertz CT molecular complexity index is 1440. The van der Waals surface area contributed by atoms with Gasteiger partial charge < -0.3 is 21.0 Å². The number of carbonyl (C=O) groups is 2. The van der Waals surface area contributed by atoms with E-state index in [4.69, 9.17) is 25.6 Å². The first-order valence-electron chi connectivity index (χ1n) is 12.3. The summed E-state index contributed by atoms with van der Waals surface area (Å²) < 4.78 is 41.0. The second-order valence-corrected chi connectivity index (χ2v) is 11.5. The number of β-lactam (4-membered cyclic amide) rings is 1. The number of rotatable bonds is 13. The van der Waals surface area contributed by atoms with Gasteiger partial charge in [0.1, 0.15) is 23.9 Å². The molecule has 1 amide bonds. The minimum absolute atomic E-state index is 0.0206. The zero-order valence-corrected chi connectivity index (χ0v) is 23.8. The second-order valence-electron chi connectivity index (χ2n) is 9.62. The molecule has 2 aromatic rings. The number of amides is 1. The van der Waals surface area contributed by atoms with Crippen molar-refractivity contribution in [2.45, 2.75) is 31.8 Å². The molecule has 4 rings (SSSR count). The number of aromatic nitrogens is 1. The number of ether oxygens (including phenoxy) is 1. The van der Waals surface area contributed by atoms with Crippen molar-refractivity contribution in [2.24, 2.45) is 21.8 Å². The number of nitrogens with zero attached hydrogens (tertiary/aromatic N) is 4. The number of amidine groups is 1. The molecule has 2 aliphatic heterocycles. The molecule has 1 atom stereocenters. The number of hydrogen-bond donors (Lipinski definition) is 5. The summed E-state index contributed by atoms with van der Waals surface area (Å²) in [4.78, 5) is 39.5. The quantitative estimate of drug-likeness (QED) is 0.0487. The predicted octanol–water partition coefficient (Wildman–Crippen LogP) is -0.363. The summed E-state index contributed by atoms with van der Waals surface area (Å²) in [5.41, 5.74) is 17.3. The lowest BCUT2D eigenvalue weighted by Crippen LogP contribution is -2.68. The molecule has 16 nitrogen and oxygen atoms in total. The van der Waals surface area contributed by atoms with Crippen LogP contribution in [0, 0.1) is 5.92 Å². The van der Waals surface area contributed by atoms with Gasteiger partial charge in [-0.2, -0.15) is 13.5 Å². The van der Waals surface area contributed by atoms with Crippen LogP contribution in [-0.4, -0.2) is 84.1 Å². The third kappa shape index (κ3) is 7.54. The fourth-order valence-corrected chi connectivity index (χ4v) is 5.13. The molecule has 0 aliphatic carbocycles. The van der Waals surface area contributed by atoms with Crippen LogP contribution in [-0.2, 0) is 29.1 Å². The Hall–Kier alpha value is -3.68. The van der Waals surface area contributed by atoms with Crippen molar-refractivity contribution in [3.8, 4) is 5.75 Å². The monoisotopic (exact) mass is 610 g/mol. The Balaban J connectivity index is 1.33. The molecular weight excluding hydrogens is 580 g/mol. The number of carbonyl (C=O) groups excluding carboxylic acids is 2. The molecule has 1 aromatic carbocycles. The Labute approximate surface area is 239 Å². The van der Waals surface area contributed by atoms with Crippen LogP contribution in [0.3, 0.4) is 0 Å². The normalized spacial score (nSPS) is 19.7. The number of hydrogen-bond acceptors (Lipinski definition) is 14. The van der Waals surface area contributed by atoms with Crippen LogP contribution in [0.2, 0.25) is 0 Å². The van der Waals surface area contributed by atoms with Crippen molar-refractivity contribution >= 4 is 50.1 Å². The van der Waals surface area contributed by atoms with Gasteiger partial charge in [0.2, 0.25) is 0 Å². The number of Topliss-reactive ketones (excluding diaryl/α,β-unsaturated/α-hetero) is 1. The van der Waals surface area contributed by atoms with Crippen molar-refractivity contribution in [2.75, 3.05) is 32.0 Å². The number of nitrogens with two attached hydrogens (primary N) is 2. The predicted molar refractivity (Wildman–Crippen MR) is 148 cm³/mol. The van der Waals surface area contributed by atoms with Gasteiger partial charge in [-0.3, -0.25) is 30.0 Å². The Morgan fingerprint density at radius 3 is 2.51 bits per heavy atom. The van der Waals surface area contributed by atoms with Gasteiger partial charge in [0.25, 0.3) is 5.91 Å². The van der Waals surface area contributed by atoms with Crippen LogP contribution in [0.15, 0.2) is 39.8 Å². The third-order valence-corrected chi connectivity index (χ3v) is 7.34. The molecule has 1 aromatic heterocycles. The van der Waals surface area contributed by atoms with Crippen LogP contribution in [0.1, 0.15) is 31.5 Å². The van der Waals surface area contributed by atoms with E-state index in [2.05, 4.69) is 30.3 Å². The van der Waals surface area contributed by atoms with E-state index in [1.165, 1.54) is 19.2 Å². The first kappa shape index (κ1) is 30.3. The summed E-state index contributed by atoms with van der Waals surface area (Å²) in [5.74, 6) is -1.35. The second kappa shape index (κ2) is 12.5. The third-order valence-electron chi connectivity index (χ3n) is 6.33. The van der Waals surface area contributed by atoms with Crippen molar-refractivity contribution in [1.29, 1.82) is 0 Å². The summed E-state index contributed by atoms with van der Waals surface area (Å²) in [6, 6.07) is 7.13. The van der Waals surface area contributed by atoms with Crippen LogP contribution in [0.5, 0.6) is 5.75 Å². The SMILES string of the molecule is CC1(C)[C@H](CC(=O)/C(=N\OCCOc2ccc(C(N)=NC3CNNC3)cc2)c2csc(N)n2)C(=O)N1OS(=O)(=O)O. The number of benzene rings is 1. The van der Waals surface area contributed by atoms with Gasteiger partial charge in [-0.1, -0.05) is 5.16 Å². The van der Waals surface area contributed by atoms with E-state index in [1.807, 2.05) is 0 Å². The number of aliphatic imine (C=N–C) groups is 1. The average molecular weight is 611 g/mol. The molecule has 222 valence electrons. The average Bonchev–Trinajstić information content (AvgIpc) is 3.59. The van der Waals surface area contributed by atoms with Crippen LogP contribution in [0.25, 0.3) is 0 Å². The molecule has 2 saturated heterocycles. The molecule has 0 bridgehead atoms. The van der Waals surface area contributed by atoms with Gasteiger partial charge in [0.05, 0.1) is 17.5 Å². The maximum atomic E-state index is 13.1. The Kier molecular flexibility index (Phi) is 9.20. The fourth-order valence-electron chi connectivity index (χ4n) is 4.13. The summed E-state index contributed by atoms with van der Waals surface area (Å²) in [5, 5.41) is 6.15. The van der Waals surface area contributed by atoms with Gasteiger partial charge in [0.15, 0.2) is 23.2 Å². The lowest BCUT2D eigenvalue weighted by atomic mass is 9.74. The zero-order chi connectivity index (χ0) is 29.8. The largest absolute Gasteiger partial charge is 0.490 e. The van der Waals surface area contributed by atoms with Crippen LogP contribution < -0.4 is 27.1 Å². The number of thiazole rings is 1. The molecule has 0 spiro atoms. The highest BCUT2D eigenvalue weighted by Gasteiger charge is 2.57. The maximum Gasteiger partial charge on any atom is 0.418 e. The van der Waals surface area contributed by atoms with E-state index in [9.17, 15) is 18.0 Å². The molecule has 7 N–H and O–H groups in total. The number of oxime groups is 1. The Morgan fingerprint density at radius 1 is 1.24 bits per heavy atom. The topological polar surface area (TPSA) is 233 Å². The van der Waals surface area contributed by atoms with Gasteiger partial charge >= 0.3 is 10.4 Å². The maximum absolute atomic E-state index is 13.1. The summed E-state index contributed by atoms with van der Waals surface area (Å²) in [6.07, 6.45) is -0.347. The minimum atomic E-state index is -4.92. The number of anilines is 1. The first-order chi connectivity index (χ1) is 19.3. The van der Waals surface area contributed by atoms with Crippen molar-refractivity contribution in [3.63, 3.8) is 0 Å². The summed E-state index contributed by atoms with van der Waals surface area (Å²) >= 11 is 1.09. The summed E-state index contributed by atoms with van der Waals surface area (Å²) in [6.45, 7) is 4.46. The standard InChI is InChI=1S/C23H30N8O8S2/c1-23(2)16(21(33)31(23)39-41(34,35)36)9-18(32)19(17-12-40-22(25)29-17)30-38-8-7-37-15-5-3-13(4-6-15)20(24)28-14-10-26-27-11-14/h3-6,12,14,16,26-27H,7-11H2,1-2H3,(H2,24,28)(H2,25,29)(H,34,35,36)/b30-19-/t16-/m1/s1. The van der Waals surface area contributed by atoms with Crippen molar-refractivity contribution in [3.05, 3.63) is 40.9 Å². The number of hydrazine groups is 1. The van der Waals surface area contributed by atoms with E-state index in [0.29, 0.717) is 29.7 Å². The molecule has 41 heavy (non-hydrogen) atoms. The number of nitrogens with one attached hydrogen (secondary N) is 2. The highest BCUT2D eigenvalue weighted by Crippen LogP contribution is 2.40. The van der Waals surface area contributed by atoms with E-state index < -0.39 is 33.5 Å². The molecule has 0 unspecified atom stereocenters. The van der Waals surface area contributed by atoms with Gasteiger partial charge in [-0.15, -0.1) is 15.6 Å².